The Morgan fingerprint density at radius 2 is 0.646 bits per heavy atom. The molecule has 8 aromatic heterocycles. The third-order valence-corrected chi connectivity index (χ3v) is 24.3. The minimum Gasteiger partial charge on any atom is -0.381 e. The average molecular weight is 1950 g/mol. The van der Waals surface area contributed by atoms with Crippen LogP contribution < -0.4 is 5.32 Å². The summed E-state index contributed by atoms with van der Waals surface area (Å²) in [6.45, 7) is 13.3. The number of aryl methyl sites for hydroxylation is 4. The number of nitrogens with one attached hydrogen (secondary N) is 1. The molecule has 1 aliphatic heterocycles. The highest BCUT2D eigenvalue weighted by Crippen LogP contribution is 2.28. The van der Waals surface area contributed by atoms with Gasteiger partial charge in [-0.05, 0) is 222 Å². The highest BCUT2D eigenvalue weighted by molar-refractivity contribution is 6.13. The second kappa shape index (κ2) is 52.8. The summed E-state index contributed by atoms with van der Waals surface area (Å²) in [6, 6.07) is 76.1. The summed E-state index contributed by atoms with van der Waals surface area (Å²) >= 11 is 0. The van der Waals surface area contributed by atoms with Crippen molar-refractivity contribution in [3.05, 3.63) is 501 Å². The lowest BCUT2D eigenvalue weighted by Gasteiger charge is -2.14. The summed E-state index contributed by atoms with van der Waals surface area (Å²) in [4.78, 5) is 167. The van der Waals surface area contributed by atoms with Gasteiger partial charge >= 0.3 is 0 Å². The van der Waals surface area contributed by atoms with E-state index in [1.165, 1.54) is 29.2 Å². The lowest BCUT2D eigenvalue weighted by atomic mass is 9.96. The molecule has 0 saturated heterocycles. The molecule has 8 aromatic carbocycles. The van der Waals surface area contributed by atoms with E-state index in [0.29, 0.717) is 99.0 Å². The number of aromatic nitrogens is 12. The number of ether oxygens (including phenoxy) is 1. The fourth-order valence-corrected chi connectivity index (χ4v) is 16.0. The van der Waals surface area contributed by atoms with Gasteiger partial charge in [-0.2, -0.15) is 0 Å². The fourth-order valence-electron chi connectivity index (χ4n) is 16.0. The summed E-state index contributed by atoms with van der Waals surface area (Å²) in [6.07, 6.45) is 35.6. The van der Waals surface area contributed by atoms with E-state index in [1.54, 1.807) is 154 Å². The molecule has 3 amide bonds. The van der Waals surface area contributed by atoms with Crippen LogP contribution in [0.15, 0.2) is 366 Å². The van der Waals surface area contributed by atoms with Crippen LogP contribution in [0, 0.1) is 27.7 Å². The van der Waals surface area contributed by atoms with Crippen LogP contribution in [0.1, 0.15) is 154 Å². The fraction of sp³-hybridized carbons (Fsp3) is 0.172. The Morgan fingerprint density at radius 3 is 0.932 bits per heavy atom. The second-order valence-electron chi connectivity index (χ2n) is 35.7. The van der Waals surface area contributed by atoms with Gasteiger partial charge in [0.05, 0.1) is 35.9 Å². The Hall–Kier alpha value is -17.8. The van der Waals surface area contributed by atoms with Gasteiger partial charge in [0.1, 0.15) is 23.3 Å². The van der Waals surface area contributed by atoms with Crippen LogP contribution in [0.4, 0.5) is 0 Å². The molecule has 0 saturated carbocycles. The maximum absolute atomic E-state index is 13.0. The molecule has 1 N–H and O–H groups in total. The Balaban J connectivity index is 0.000000155. The summed E-state index contributed by atoms with van der Waals surface area (Å²) < 4.78 is 4.91. The molecule has 0 aliphatic carbocycles. The Morgan fingerprint density at radius 1 is 0.354 bits per heavy atom. The number of pyridine rings is 4. The monoisotopic (exact) mass is 1950 g/mol. The smallest absolute Gasteiger partial charge is 0.253 e. The molecule has 0 fully saturated rings. The van der Waals surface area contributed by atoms with Crippen molar-refractivity contribution in [1.82, 2.24) is 74.9 Å². The third-order valence-electron chi connectivity index (χ3n) is 24.3. The number of Topliss-reactive ketones (excluding diaryl/α,β-unsaturated/α-hetero) is 4. The second-order valence-corrected chi connectivity index (χ2v) is 35.7. The normalized spacial score (nSPS) is 11.4. The van der Waals surface area contributed by atoms with E-state index >= 15 is 0 Å². The number of carbonyl (C=O) groups is 9. The molecule has 16 aromatic rings. The number of methoxy groups -OCH3 is 1. The average Bonchev–Trinajstić information content (AvgIpc) is 1.75. The number of nitrogens with zero attached hydrogens (tertiary/aromatic N) is 14. The zero-order valence-electron chi connectivity index (χ0n) is 83.0. The van der Waals surface area contributed by atoms with Crippen LogP contribution in [0.25, 0.3) is 45.0 Å². The minimum atomic E-state index is -0.325. The minimum absolute atomic E-state index is 0.00161. The summed E-state index contributed by atoms with van der Waals surface area (Å²) in [5, 5.41) is 2.73. The number of carbonyl (C=O) groups excluding carboxylic acids is 9. The molecule has 1 aliphatic rings. The van der Waals surface area contributed by atoms with Gasteiger partial charge in [0, 0.05) is 215 Å². The molecule has 147 heavy (non-hydrogen) atoms. The van der Waals surface area contributed by atoms with Gasteiger partial charge in [-0.3, -0.25) is 68.0 Å². The van der Waals surface area contributed by atoms with E-state index in [9.17, 15) is 43.2 Å². The number of benzene rings is 8. The first-order chi connectivity index (χ1) is 71.4. The predicted octanol–water partition coefficient (Wildman–Crippen LogP) is 19.2. The first-order valence-corrected chi connectivity index (χ1v) is 48.0. The standard InChI is InChI=1S/C32H32N4O2.C31H29N3O3.C30H24N4O3.C29H26N4O2/c1-23-8-9-25(18-28(23)21-32-34-16-14-30(35-32)27-6-4-15-33-22-27)20-31(38)26-12-10-24(11-13-26)19-29(37)7-5-17-36(2)3;1-22-7-8-24(17-27(22)20-31-33-15-13-29(34-31)26-5-3-14-32-21-26)19-30(36)25-11-9-23(10-12-25)18-28(35)6-4-16-37-2;1-20-4-5-22(15-25(20)17-28-32-14-12-26(33-28)24-3-2-13-31-18-24)16-27(35)23-8-6-21(7-9-23)19-34-29(36)10-11-30(34)37;1-3-29(35)32-18-21-8-10-23(11-9-21)27(34)16-22-7-6-20(2)25(15-22)17-28-31-14-12-26(33-28)24-5-4-13-30-19-24/h4-16,18,22H,17,19-21H2,1-3H3;3-15,17,21H,16,18-20H2,1-2H3;2-15,18H,16-17,19H2,1H3;3-15,19H,1,16-18H2,2H3,(H,32,35)/b7-5+;6-4+;;. The van der Waals surface area contributed by atoms with Crippen molar-refractivity contribution < 1.29 is 47.9 Å². The van der Waals surface area contributed by atoms with Crippen molar-refractivity contribution in [3.63, 3.8) is 0 Å². The molecule has 0 spiro atoms. The predicted molar refractivity (Wildman–Crippen MR) is 568 cm³/mol. The van der Waals surface area contributed by atoms with Crippen LogP contribution in [-0.4, -0.2) is 156 Å². The quantitative estimate of drug-likeness (QED) is 0.0212. The van der Waals surface area contributed by atoms with Gasteiger partial charge in [0.2, 0.25) is 5.91 Å². The first-order valence-electron chi connectivity index (χ1n) is 48.0. The lowest BCUT2D eigenvalue weighted by Crippen LogP contribution is -2.29. The van der Waals surface area contributed by atoms with E-state index < -0.39 is 0 Å². The SMILES string of the molecule is C=CC(=O)NCc1ccc(C(=O)Cc2ccc(C)c(Cc3nccc(-c4cccnc4)n3)c2)cc1.COC/C=C/C(=O)Cc1ccc(C(=O)Cc2ccc(C)c(Cc3nccc(-c4cccnc4)n3)c2)cc1.Cc1ccc(CC(=O)c2ccc(CC(=O)/C=C/CN(C)C)cc2)cc1Cc1nccc(-c2cccnc2)n1.Cc1ccc(CC(=O)c2ccc(CN3C(=O)C=CC3=O)cc2)cc1Cc1nccc(-c2cccnc2)n1. The molecular weight excluding hydrogens is 1840 g/mol. The number of amides is 3. The largest absolute Gasteiger partial charge is 0.381 e. The molecule has 0 atom stereocenters. The molecule has 17 rings (SSSR count). The van der Waals surface area contributed by atoms with Crippen molar-refractivity contribution in [2.24, 2.45) is 0 Å². The van der Waals surface area contributed by atoms with E-state index in [2.05, 4.69) is 90.7 Å². The van der Waals surface area contributed by atoms with Gasteiger partial charge < -0.3 is 15.0 Å². The van der Waals surface area contributed by atoms with E-state index in [1.807, 2.05) is 196 Å². The van der Waals surface area contributed by atoms with E-state index in [4.69, 9.17) is 24.7 Å². The highest BCUT2D eigenvalue weighted by Gasteiger charge is 2.25. The number of likely N-dealkylation sites (N-methyl/N-ethyl adjacent to an activating group) is 1. The number of rotatable bonds is 39. The van der Waals surface area contributed by atoms with Crippen LogP contribution in [0.3, 0.4) is 0 Å². The molecule has 25 heteroatoms. The highest BCUT2D eigenvalue weighted by atomic mass is 16.5. The zero-order chi connectivity index (χ0) is 103. The van der Waals surface area contributed by atoms with Crippen LogP contribution >= 0.6 is 0 Å². The summed E-state index contributed by atoms with van der Waals surface area (Å²) in [7, 11) is 5.50. The number of allylic oxidation sites excluding steroid dienone is 2. The van der Waals surface area contributed by atoms with Gasteiger partial charge in [-0.25, -0.2) is 39.9 Å². The maximum atomic E-state index is 13.0. The van der Waals surface area contributed by atoms with Gasteiger partial charge in [-0.1, -0.05) is 189 Å². The van der Waals surface area contributed by atoms with Gasteiger partial charge in [-0.15, -0.1) is 0 Å². The molecule has 9 heterocycles. The Kier molecular flexibility index (Phi) is 37.7. The topological polar surface area (TPSA) is 336 Å². The number of hydrogen-bond acceptors (Lipinski definition) is 23. The van der Waals surface area contributed by atoms with Crippen molar-refractivity contribution in [3.8, 4) is 45.0 Å². The maximum Gasteiger partial charge on any atom is 0.253 e. The molecule has 0 bridgehead atoms. The van der Waals surface area contributed by atoms with Crippen LogP contribution in [0.5, 0.6) is 0 Å². The number of imide groups is 1. The summed E-state index contributed by atoms with van der Waals surface area (Å²) in [5.41, 5.74) is 25.6. The molecule has 734 valence electrons. The molecule has 25 nitrogen and oxygen atoms in total. The van der Waals surface area contributed by atoms with Crippen molar-refractivity contribution >= 4 is 52.4 Å². The molecular formula is C122H111N15O10. The van der Waals surface area contributed by atoms with Crippen molar-refractivity contribution in [1.29, 1.82) is 0 Å². The molecule has 0 unspecified atom stereocenters. The Bertz CT molecular complexity index is 7440. The number of hydrogen-bond donors (Lipinski definition) is 1. The van der Waals surface area contributed by atoms with Gasteiger partial charge in [0.25, 0.3) is 11.8 Å². The summed E-state index contributed by atoms with van der Waals surface area (Å²) in [5.74, 6) is 2.13. The lowest BCUT2D eigenvalue weighted by molar-refractivity contribution is -0.137. The van der Waals surface area contributed by atoms with E-state index in [-0.39, 0.29) is 65.4 Å². The molecule has 0 radical (unpaired) electrons. The third kappa shape index (κ3) is 31.8. The Labute approximate surface area is 855 Å². The number of ketones is 6. The van der Waals surface area contributed by atoms with Crippen molar-refractivity contribution in [2.45, 2.75) is 105 Å². The van der Waals surface area contributed by atoms with Crippen LogP contribution in [0.2, 0.25) is 0 Å². The van der Waals surface area contributed by atoms with E-state index in [0.717, 1.165) is 158 Å². The van der Waals surface area contributed by atoms with Gasteiger partial charge in [0.15, 0.2) is 34.7 Å². The zero-order valence-corrected chi connectivity index (χ0v) is 83.0. The van der Waals surface area contributed by atoms with Crippen LogP contribution in [-0.2, 0) is 106 Å². The first kappa shape index (κ1) is 105. The van der Waals surface area contributed by atoms with Crippen molar-refractivity contribution in [2.75, 3.05) is 34.4 Å².